The molecule has 1 aromatic carbocycles. The zero-order valence-corrected chi connectivity index (χ0v) is 14.8. The minimum atomic E-state index is -0.00502. The van der Waals surface area contributed by atoms with Crippen molar-refractivity contribution in [1.29, 1.82) is 0 Å². The summed E-state index contributed by atoms with van der Waals surface area (Å²) in [4.78, 5) is 18.8. The van der Waals surface area contributed by atoms with E-state index in [2.05, 4.69) is 15.2 Å². The van der Waals surface area contributed by atoms with Gasteiger partial charge in [0.15, 0.2) is 0 Å². The first-order chi connectivity index (χ1) is 12.2. The zero-order valence-electron chi connectivity index (χ0n) is 14.0. The highest BCUT2D eigenvalue weighted by Gasteiger charge is 2.23. The number of rotatable bonds is 6. The van der Waals surface area contributed by atoms with Gasteiger partial charge in [0.1, 0.15) is 0 Å². The first kappa shape index (κ1) is 17.9. The van der Waals surface area contributed by atoms with E-state index in [1.807, 2.05) is 30.3 Å². The summed E-state index contributed by atoms with van der Waals surface area (Å²) in [5, 5.41) is 3.71. The van der Waals surface area contributed by atoms with Crippen LogP contribution >= 0.6 is 11.6 Å². The number of benzene rings is 1. The van der Waals surface area contributed by atoms with Crippen molar-refractivity contribution in [3.05, 3.63) is 64.9 Å². The number of hydrogen-bond donors (Lipinski definition) is 1. The Labute approximate surface area is 153 Å². The molecular weight excluding hydrogens is 338 g/mol. The fourth-order valence-corrected chi connectivity index (χ4v) is 3.25. The van der Waals surface area contributed by atoms with Crippen LogP contribution in [0.1, 0.15) is 17.2 Å². The van der Waals surface area contributed by atoms with Crippen molar-refractivity contribution < 1.29 is 9.53 Å². The minimum absolute atomic E-state index is 0.00502. The quantitative estimate of drug-likeness (QED) is 0.860. The fraction of sp³-hybridized carbons (Fsp3) is 0.368. The highest BCUT2D eigenvalue weighted by Crippen LogP contribution is 2.20. The average Bonchev–Trinajstić information content (AvgIpc) is 2.64. The number of carbonyl (C=O) groups is 1. The maximum atomic E-state index is 12.3. The van der Waals surface area contributed by atoms with Crippen LogP contribution in [0.5, 0.6) is 0 Å². The number of carbonyl (C=O) groups excluding carboxylic acids is 1. The lowest BCUT2D eigenvalue weighted by Crippen LogP contribution is -2.44. The summed E-state index contributed by atoms with van der Waals surface area (Å²) in [7, 11) is 0. The van der Waals surface area contributed by atoms with E-state index < -0.39 is 0 Å². The van der Waals surface area contributed by atoms with E-state index in [0.29, 0.717) is 18.0 Å². The lowest BCUT2D eigenvalue weighted by atomic mass is 10.1. The molecule has 1 aliphatic heterocycles. The molecule has 0 spiro atoms. The summed E-state index contributed by atoms with van der Waals surface area (Å²) in [6.07, 6.45) is 3.90. The van der Waals surface area contributed by atoms with Crippen LogP contribution in [0.25, 0.3) is 0 Å². The molecule has 25 heavy (non-hydrogen) atoms. The maximum absolute atomic E-state index is 12.3. The van der Waals surface area contributed by atoms with Crippen LogP contribution in [0.3, 0.4) is 0 Å². The topological polar surface area (TPSA) is 54.5 Å². The van der Waals surface area contributed by atoms with E-state index in [4.69, 9.17) is 16.3 Å². The van der Waals surface area contributed by atoms with Crippen molar-refractivity contribution in [3.8, 4) is 0 Å². The molecule has 0 radical (unpaired) electrons. The second kappa shape index (κ2) is 8.94. The third-order valence-corrected chi connectivity index (χ3v) is 4.56. The number of aromatic nitrogens is 1. The molecule has 1 aliphatic rings. The molecule has 5 nitrogen and oxygen atoms in total. The van der Waals surface area contributed by atoms with Gasteiger partial charge in [-0.2, -0.15) is 0 Å². The van der Waals surface area contributed by atoms with Gasteiger partial charge in [0.25, 0.3) is 0 Å². The van der Waals surface area contributed by atoms with Crippen LogP contribution in [0, 0.1) is 0 Å². The molecule has 1 fully saturated rings. The molecule has 1 unspecified atom stereocenters. The summed E-state index contributed by atoms with van der Waals surface area (Å²) in [5.74, 6) is -0.00502. The summed E-state index contributed by atoms with van der Waals surface area (Å²) in [6, 6.07) is 11.5. The van der Waals surface area contributed by atoms with Crippen molar-refractivity contribution in [2.75, 3.05) is 32.8 Å². The van der Waals surface area contributed by atoms with Crippen LogP contribution < -0.4 is 5.32 Å². The number of morpholine rings is 1. The number of nitrogens with zero attached hydrogens (tertiary/aromatic N) is 2. The van der Waals surface area contributed by atoms with Crippen molar-refractivity contribution in [2.45, 2.75) is 12.5 Å². The van der Waals surface area contributed by atoms with Crippen molar-refractivity contribution in [1.82, 2.24) is 15.2 Å². The lowest BCUT2D eigenvalue weighted by Gasteiger charge is -2.34. The molecule has 1 N–H and O–H groups in total. The third-order valence-electron chi connectivity index (χ3n) is 4.32. The molecule has 6 heteroatoms. The Bertz CT molecular complexity index is 690. The standard InChI is InChI=1S/C19H22ClN3O2/c20-17-3-1-2-15(12-17)13-19(24)22-14-18(16-4-6-21-7-5-16)23-8-10-25-11-9-23/h1-7,12,18H,8-11,13-14H2,(H,22,24). The molecule has 0 bridgehead atoms. The number of amides is 1. The number of ether oxygens (including phenoxy) is 1. The Morgan fingerprint density at radius 2 is 2.00 bits per heavy atom. The molecule has 0 saturated carbocycles. The predicted octanol–water partition coefficient (Wildman–Crippen LogP) is 2.47. The molecule has 132 valence electrons. The Balaban J connectivity index is 1.62. The van der Waals surface area contributed by atoms with E-state index in [1.165, 1.54) is 0 Å². The van der Waals surface area contributed by atoms with Crippen LogP contribution in [0.4, 0.5) is 0 Å². The summed E-state index contributed by atoms with van der Waals surface area (Å²) in [5.41, 5.74) is 2.07. The monoisotopic (exact) mass is 359 g/mol. The van der Waals surface area contributed by atoms with Crippen molar-refractivity contribution in [3.63, 3.8) is 0 Å². The molecule has 3 rings (SSSR count). The summed E-state index contributed by atoms with van der Waals surface area (Å²) in [6.45, 7) is 3.72. The molecule has 2 aromatic rings. The van der Waals surface area contributed by atoms with Gasteiger partial charge in [-0.3, -0.25) is 14.7 Å². The highest BCUT2D eigenvalue weighted by molar-refractivity contribution is 6.30. The second-order valence-corrected chi connectivity index (χ2v) is 6.49. The first-order valence-electron chi connectivity index (χ1n) is 8.45. The highest BCUT2D eigenvalue weighted by atomic mass is 35.5. The zero-order chi connectivity index (χ0) is 17.5. The van der Waals surface area contributed by atoms with Crippen molar-refractivity contribution >= 4 is 17.5 Å². The van der Waals surface area contributed by atoms with Crippen LogP contribution in [-0.4, -0.2) is 48.6 Å². The Kier molecular flexibility index (Phi) is 6.39. The summed E-state index contributed by atoms with van der Waals surface area (Å²) < 4.78 is 5.45. The molecule has 1 saturated heterocycles. The Morgan fingerprint density at radius 3 is 2.72 bits per heavy atom. The number of pyridine rings is 1. The SMILES string of the molecule is O=C(Cc1cccc(Cl)c1)NCC(c1ccncc1)N1CCOCC1. The smallest absolute Gasteiger partial charge is 0.224 e. The van der Waals surface area contributed by atoms with E-state index >= 15 is 0 Å². The van der Waals surface area contributed by atoms with Gasteiger partial charge in [0.05, 0.1) is 25.7 Å². The van der Waals surface area contributed by atoms with Gasteiger partial charge in [0, 0.05) is 37.1 Å². The van der Waals surface area contributed by atoms with Gasteiger partial charge in [-0.05, 0) is 35.4 Å². The Hall–Kier alpha value is -1.95. The van der Waals surface area contributed by atoms with Crippen LogP contribution in [0.15, 0.2) is 48.8 Å². The number of halogens is 1. The van der Waals surface area contributed by atoms with Gasteiger partial charge >= 0.3 is 0 Å². The third kappa shape index (κ3) is 5.26. The molecule has 0 aliphatic carbocycles. The molecule has 1 atom stereocenters. The summed E-state index contributed by atoms with van der Waals surface area (Å²) >= 11 is 5.98. The van der Waals surface area contributed by atoms with Crippen molar-refractivity contribution in [2.24, 2.45) is 0 Å². The molecule has 2 heterocycles. The van der Waals surface area contributed by atoms with Gasteiger partial charge in [-0.15, -0.1) is 0 Å². The molecule has 1 amide bonds. The van der Waals surface area contributed by atoms with Crippen LogP contribution in [-0.2, 0) is 16.0 Å². The molecule has 1 aromatic heterocycles. The average molecular weight is 360 g/mol. The molecular formula is C19H22ClN3O2. The number of hydrogen-bond acceptors (Lipinski definition) is 4. The minimum Gasteiger partial charge on any atom is -0.379 e. The van der Waals surface area contributed by atoms with Crippen LogP contribution in [0.2, 0.25) is 5.02 Å². The predicted molar refractivity (Wildman–Crippen MR) is 97.5 cm³/mol. The van der Waals surface area contributed by atoms with Gasteiger partial charge in [-0.25, -0.2) is 0 Å². The van der Waals surface area contributed by atoms with E-state index in [1.54, 1.807) is 18.5 Å². The van der Waals surface area contributed by atoms with Gasteiger partial charge in [-0.1, -0.05) is 23.7 Å². The second-order valence-electron chi connectivity index (χ2n) is 6.06. The van der Waals surface area contributed by atoms with E-state index in [-0.39, 0.29) is 11.9 Å². The van der Waals surface area contributed by atoms with Gasteiger partial charge < -0.3 is 10.1 Å². The Morgan fingerprint density at radius 1 is 1.24 bits per heavy atom. The largest absolute Gasteiger partial charge is 0.379 e. The van der Waals surface area contributed by atoms with E-state index in [9.17, 15) is 4.79 Å². The first-order valence-corrected chi connectivity index (χ1v) is 8.83. The lowest BCUT2D eigenvalue weighted by molar-refractivity contribution is -0.120. The maximum Gasteiger partial charge on any atom is 0.224 e. The normalized spacial score (nSPS) is 16.4. The fourth-order valence-electron chi connectivity index (χ4n) is 3.04. The number of nitrogens with one attached hydrogen (secondary N) is 1. The van der Waals surface area contributed by atoms with E-state index in [0.717, 1.165) is 37.4 Å². The van der Waals surface area contributed by atoms with Gasteiger partial charge in [0.2, 0.25) is 5.91 Å².